The van der Waals surface area contributed by atoms with Crippen LogP contribution in [0.25, 0.3) is 10.9 Å². The molecule has 0 spiro atoms. The molecule has 1 atom stereocenters. The predicted octanol–water partition coefficient (Wildman–Crippen LogP) is 4.47. The van der Waals surface area contributed by atoms with Crippen molar-refractivity contribution in [1.29, 1.82) is 0 Å². The Labute approximate surface area is 131 Å². The number of fused-ring (bicyclic) bond motifs is 1. The van der Waals surface area contributed by atoms with Gasteiger partial charge in [-0.25, -0.2) is 0 Å². The lowest BCUT2D eigenvalue weighted by Crippen LogP contribution is -2.17. The van der Waals surface area contributed by atoms with Gasteiger partial charge < -0.3 is 4.98 Å². The second kappa shape index (κ2) is 6.18. The first-order chi connectivity index (χ1) is 10.6. The topological polar surface area (TPSA) is 32.9 Å². The predicted molar refractivity (Wildman–Crippen MR) is 91.1 cm³/mol. The Balaban J connectivity index is 1.90. The summed E-state index contributed by atoms with van der Waals surface area (Å²) in [5.74, 6) is 0.286. The fourth-order valence-electron chi connectivity index (χ4n) is 3.10. The molecule has 0 amide bonds. The Hall–Kier alpha value is -2.35. The summed E-state index contributed by atoms with van der Waals surface area (Å²) in [6.07, 6.45) is 1.59. The minimum atomic E-state index is 0.0281. The number of hydrogen-bond donors (Lipinski definition) is 1. The van der Waals surface area contributed by atoms with Gasteiger partial charge in [0.1, 0.15) is 5.78 Å². The molecule has 0 saturated carbocycles. The fraction of sp³-hybridized carbons (Fsp3) is 0.250. The Kier molecular flexibility index (Phi) is 4.10. The van der Waals surface area contributed by atoms with Gasteiger partial charge in [-0.2, -0.15) is 0 Å². The van der Waals surface area contributed by atoms with Crippen LogP contribution in [0.4, 0.5) is 0 Å². The van der Waals surface area contributed by atoms with E-state index in [1.54, 1.807) is 6.92 Å². The largest absolute Gasteiger partial charge is 0.358 e. The van der Waals surface area contributed by atoms with Crippen LogP contribution in [0, 0.1) is 12.8 Å². The van der Waals surface area contributed by atoms with E-state index in [1.165, 1.54) is 22.2 Å². The number of para-hydroxylation sites is 1. The van der Waals surface area contributed by atoms with Gasteiger partial charge >= 0.3 is 0 Å². The monoisotopic (exact) mass is 291 g/mol. The van der Waals surface area contributed by atoms with Crippen molar-refractivity contribution < 1.29 is 4.79 Å². The molecule has 0 aliphatic carbocycles. The van der Waals surface area contributed by atoms with Crippen molar-refractivity contribution >= 4 is 16.7 Å². The molecule has 0 aliphatic rings. The summed E-state index contributed by atoms with van der Waals surface area (Å²) in [5.41, 5.74) is 4.81. The van der Waals surface area contributed by atoms with Crippen molar-refractivity contribution in [2.24, 2.45) is 5.92 Å². The number of aromatic nitrogens is 1. The third kappa shape index (κ3) is 2.96. The number of hydrogen-bond acceptors (Lipinski definition) is 1. The van der Waals surface area contributed by atoms with Crippen LogP contribution >= 0.6 is 0 Å². The van der Waals surface area contributed by atoms with Gasteiger partial charge in [0, 0.05) is 22.5 Å². The maximum Gasteiger partial charge on any atom is 0.133 e. The van der Waals surface area contributed by atoms with Crippen molar-refractivity contribution in [2.45, 2.75) is 26.7 Å². The third-order valence-electron chi connectivity index (χ3n) is 4.38. The zero-order valence-electron chi connectivity index (χ0n) is 13.1. The summed E-state index contributed by atoms with van der Waals surface area (Å²) in [5, 5.41) is 1.24. The molecular formula is C20H21NO. The maximum atomic E-state index is 12.1. The van der Waals surface area contributed by atoms with Gasteiger partial charge in [-0.15, -0.1) is 0 Å². The molecule has 0 fully saturated rings. The first kappa shape index (κ1) is 14.6. The number of rotatable bonds is 5. The number of aryl methyl sites for hydroxylation is 1. The lowest BCUT2D eigenvalue weighted by Gasteiger charge is -2.14. The molecule has 1 N–H and O–H groups in total. The molecule has 0 bridgehead atoms. The van der Waals surface area contributed by atoms with E-state index < -0.39 is 0 Å². The summed E-state index contributed by atoms with van der Waals surface area (Å²) in [6, 6.07) is 18.6. The van der Waals surface area contributed by atoms with E-state index in [2.05, 4.69) is 42.2 Å². The highest BCUT2D eigenvalue weighted by atomic mass is 16.1. The van der Waals surface area contributed by atoms with E-state index in [0.717, 1.165) is 18.4 Å². The van der Waals surface area contributed by atoms with Gasteiger partial charge in [-0.3, -0.25) is 4.79 Å². The normalized spacial score (nSPS) is 12.5. The van der Waals surface area contributed by atoms with Gasteiger partial charge in [0.2, 0.25) is 0 Å². The molecule has 0 unspecified atom stereocenters. The summed E-state index contributed by atoms with van der Waals surface area (Å²) in [4.78, 5) is 15.5. The number of aromatic amines is 1. The highest BCUT2D eigenvalue weighted by Crippen LogP contribution is 2.26. The van der Waals surface area contributed by atoms with Gasteiger partial charge in [-0.05, 0) is 43.9 Å². The molecule has 0 saturated heterocycles. The standard InChI is InChI=1S/C20H21NO/c1-14-19(18-10-6-7-11-20(18)21-14)13-17(15(2)22)12-16-8-4-3-5-9-16/h3-11,17,21H,12-13H2,1-2H3/t17-/m0/s1. The number of nitrogens with one attached hydrogen (secondary N) is 1. The SMILES string of the molecule is CC(=O)[C@@H](Cc1ccccc1)Cc1c(C)[nH]c2ccccc12. The van der Waals surface area contributed by atoms with Crippen LogP contribution in [0.5, 0.6) is 0 Å². The minimum Gasteiger partial charge on any atom is -0.358 e. The van der Waals surface area contributed by atoms with Crippen LogP contribution in [-0.2, 0) is 17.6 Å². The number of ketones is 1. The average molecular weight is 291 g/mol. The molecule has 0 radical (unpaired) electrons. The van der Waals surface area contributed by atoms with Crippen molar-refractivity contribution in [3.05, 3.63) is 71.4 Å². The molecular weight excluding hydrogens is 270 g/mol. The van der Waals surface area contributed by atoms with Gasteiger partial charge in [-0.1, -0.05) is 48.5 Å². The summed E-state index contributed by atoms with van der Waals surface area (Å²) in [6.45, 7) is 3.80. The van der Waals surface area contributed by atoms with Crippen molar-refractivity contribution in [3.8, 4) is 0 Å². The van der Waals surface area contributed by atoms with Crippen molar-refractivity contribution in [2.75, 3.05) is 0 Å². The van der Waals surface area contributed by atoms with E-state index in [9.17, 15) is 4.79 Å². The molecule has 22 heavy (non-hydrogen) atoms. The van der Waals surface area contributed by atoms with Gasteiger partial charge in [0.15, 0.2) is 0 Å². The Morgan fingerprint density at radius 2 is 1.68 bits per heavy atom. The Bertz CT molecular complexity index is 786. The fourth-order valence-corrected chi connectivity index (χ4v) is 3.10. The molecule has 2 heteroatoms. The van der Waals surface area contributed by atoms with E-state index in [4.69, 9.17) is 0 Å². The molecule has 112 valence electrons. The van der Waals surface area contributed by atoms with E-state index in [0.29, 0.717) is 0 Å². The number of Topliss-reactive ketones (excluding diaryl/α,β-unsaturated/α-hetero) is 1. The number of H-pyrrole nitrogens is 1. The Morgan fingerprint density at radius 3 is 2.41 bits per heavy atom. The first-order valence-electron chi connectivity index (χ1n) is 7.75. The first-order valence-corrected chi connectivity index (χ1v) is 7.75. The highest BCUT2D eigenvalue weighted by molar-refractivity contribution is 5.86. The minimum absolute atomic E-state index is 0.0281. The summed E-state index contributed by atoms with van der Waals surface area (Å²) in [7, 11) is 0. The molecule has 1 heterocycles. The van der Waals surface area contributed by atoms with E-state index in [-0.39, 0.29) is 11.7 Å². The molecule has 2 aromatic carbocycles. The van der Waals surface area contributed by atoms with Crippen LogP contribution in [-0.4, -0.2) is 10.8 Å². The molecule has 3 aromatic rings. The second-order valence-electron chi connectivity index (χ2n) is 5.98. The van der Waals surface area contributed by atoms with Crippen LogP contribution in [0.2, 0.25) is 0 Å². The molecule has 3 rings (SSSR count). The second-order valence-corrected chi connectivity index (χ2v) is 5.98. The van der Waals surface area contributed by atoms with Crippen LogP contribution in [0.15, 0.2) is 54.6 Å². The van der Waals surface area contributed by atoms with Crippen LogP contribution < -0.4 is 0 Å². The quantitative estimate of drug-likeness (QED) is 0.739. The van der Waals surface area contributed by atoms with E-state index >= 15 is 0 Å². The third-order valence-corrected chi connectivity index (χ3v) is 4.38. The number of carbonyl (C=O) groups excluding carboxylic acids is 1. The molecule has 0 aliphatic heterocycles. The summed E-state index contributed by atoms with van der Waals surface area (Å²) >= 11 is 0. The van der Waals surface area contributed by atoms with Gasteiger partial charge in [0.25, 0.3) is 0 Å². The van der Waals surface area contributed by atoms with Crippen molar-refractivity contribution in [1.82, 2.24) is 4.98 Å². The maximum absolute atomic E-state index is 12.1. The molecule has 1 aromatic heterocycles. The Morgan fingerprint density at radius 1 is 1.00 bits per heavy atom. The smallest absolute Gasteiger partial charge is 0.133 e. The zero-order valence-corrected chi connectivity index (χ0v) is 13.1. The average Bonchev–Trinajstić information content (AvgIpc) is 2.83. The van der Waals surface area contributed by atoms with Crippen LogP contribution in [0.3, 0.4) is 0 Å². The lowest BCUT2D eigenvalue weighted by molar-refractivity contribution is -0.120. The highest BCUT2D eigenvalue weighted by Gasteiger charge is 2.19. The van der Waals surface area contributed by atoms with Gasteiger partial charge in [0.05, 0.1) is 0 Å². The molecule has 2 nitrogen and oxygen atoms in total. The zero-order chi connectivity index (χ0) is 15.5. The summed E-state index contributed by atoms with van der Waals surface area (Å²) < 4.78 is 0. The number of benzene rings is 2. The lowest BCUT2D eigenvalue weighted by atomic mass is 9.89. The van der Waals surface area contributed by atoms with Crippen molar-refractivity contribution in [3.63, 3.8) is 0 Å². The number of carbonyl (C=O) groups is 1. The van der Waals surface area contributed by atoms with E-state index in [1.807, 2.05) is 24.3 Å². The van der Waals surface area contributed by atoms with Crippen LogP contribution in [0.1, 0.15) is 23.7 Å².